The summed E-state index contributed by atoms with van der Waals surface area (Å²) >= 11 is 0. The number of piperazine rings is 1. The highest BCUT2D eigenvalue weighted by atomic mass is 15.4. The van der Waals surface area contributed by atoms with Gasteiger partial charge in [-0.15, -0.1) is 5.10 Å². The third kappa shape index (κ3) is 3.58. The molecule has 0 spiro atoms. The van der Waals surface area contributed by atoms with Crippen molar-refractivity contribution in [2.75, 3.05) is 54.0 Å². The fourth-order valence-electron chi connectivity index (χ4n) is 3.10. The predicted octanol–water partition coefficient (Wildman–Crippen LogP) is 2.35. The van der Waals surface area contributed by atoms with E-state index in [0.717, 1.165) is 51.0 Å². The molecule has 1 aliphatic heterocycles. The average Bonchev–Trinajstić information content (AvgIpc) is 2.63. The van der Waals surface area contributed by atoms with Crippen molar-refractivity contribution in [2.45, 2.75) is 20.8 Å². The van der Waals surface area contributed by atoms with Gasteiger partial charge in [0.05, 0.1) is 6.20 Å². The first-order chi connectivity index (χ1) is 11.7. The normalized spacial score (nSPS) is 14.8. The molecule has 1 saturated heterocycles. The van der Waals surface area contributed by atoms with Gasteiger partial charge in [0.1, 0.15) is 0 Å². The standard InChI is InChI=1S/C18H26N6/c1-4-22(5-2)18-20-17(14-19-21-18)24-11-9-23(10-12-24)16-8-6-7-15(3)13-16/h6-8,13-14H,4-5,9-12H2,1-3H3. The molecule has 128 valence electrons. The van der Waals surface area contributed by atoms with Crippen LogP contribution in [-0.2, 0) is 0 Å². The summed E-state index contributed by atoms with van der Waals surface area (Å²) in [5.74, 6) is 1.65. The Labute approximate surface area is 144 Å². The van der Waals surface area contributed by atoms with E-state index in [0.29, 0.717) is 0 Å². The van der Waals surface area contributed by atoms with Crippen LogP contribution in [0.4, 0.5) is 17.5 Å². The Morgan fingerprint density at radius 1 is 1.04 bits per heavy atom. The summed E-state index contributed by atoms with van der Waals surface area (Å²) in [5, 5.41) is 8.33. The molecule has 0 bridgehead atoms. The van der Waals surface area contributed by atoms with Gasteiger partial charge in [0.2, 0.25) is 5.95 Å². The van der Waals surface area contributed by atoms with Crippen molar-refractivity contribution < 1.29 is 0 Å². The SMILES string of the molecule is CCN(CC)c1nncc(N2CCN(c3cccc(C)c3)CC2)n1. The summed E-state index contributed by atoms with van der Waals surface area (Å²) in [7, 11) is 0. The molecule has 24 heavy (non-hydrogen) atoms. The number of anilines is 3. The van der Waals surface area contributed by atoms with Crippen molar-refractivity contribution in [3.63, 3.8) is 0 Å². The van der Waals surface area contributed by atoms with Crippen LogP contribution in [0.25, 0.3) is 0 Å². The van der Waals surface area contributed by atoms with Gasteiger partial charge in [-0.2, -0.15) is 10.1 Å². The summed E-state index contributed by atoms with van der Waals surface area (Å²) in [6.45, 7) is 12.0. The molecule has 0 atom stereocenters. The van der Waals surface area contributed by atoms with Crippen LogP contribution in [-0.4, -0.2) is 54.4 Å². The summed E-state index contributed by atoms with van der Waals surface area (Å²) in [6.07, 6.45) is 1.77. The molecular formula is C18H26N6. The van der Waals surface area contributed by atoms with Gasteiger partial charge in [-0.1, -0.05) is 12.1 Å². The smallest absolute Gasteiger partial charge is 0.247 e. The molecule has 1 aromatic carbocycles. The van der Waals surface area contributed by atoms with Gasteiger partial charge in [0.25, 0.3) is 0 Å². The lowest BCUT2D eigenvalue weighted by atomic mass is 10.2. The van der Waals surface area contributed by atoms with Crippen LogP contribution < -0.4 is 14.7 Å². The zero-order chi connectivity index (χ0) is 16.9. The van der Waals surface area contributed by atoms with Crippen LogP contribution in [0.15, 0.2) is 30.5 Å². The van der Waals surface area contributed by atoms with Crippen molar-refractivity contribution >= 4 is 17.5 Å². The molecule has 0 N–H and O–H groups in total. The van der Waals surface area contributed by atoms with E-state index in [-0.39, 0.29) is 0 Å². The lowest BCUT2D eigenvalue weighted by molar-refractivity contribution is 0.642. The van der Waals surface area contributed by atoms with E-state index in [2.05, 4.69) is 69.9 Å². The molecule has 1 fully saturated rings. The van der Waals surface area contributed by atoms with Gasteiger partial charge in [0.15, 0.2) is 5.82 Å². The number of hydrogen-bond acceptors (Lipinski definition) is 6. The van der Waals surface area contributed by atoms with Crippen LogP contribution >= 0.6 is 0 Å². The van der Waals surface area contributed by atoms with E-state index >= 15 is 0 Å². The van der Waals surface area contributed by atoms with Gasteiger partial charge in [-0.25, -0.2) is 0 Å². The molecule has 6 nitrogen and oxygen atoms in total. The first kappa shape index (κ1) is 16.5. The largest absolute Gasteiger partial charge is 0.368 e. The van der Waals surface area contributed by atoms with Gasteiger partial charge < -0.3 is 14.7 Å². The Morgan fingerprint density at radius 3 is 2.42 bits per heavy atom. The molecule has 0 aliphatic carbocycles. The minimum Gasteiger partial charge on any atom is -0.368 e. The van der Waals surface area contributed by atoms with Gasteiger partial charge in [0, 0.05) is 45.0 Å². The molecule has 1 aromatic heterocycles. The van der Waals surface area contributed by atoms with E-state index < -0.39 is 0 Å². The van der Waals surface area contributed by atoms with E-state index in [1.807, 2.05) is 0 Å². The minimum atomic E-state index is 0.721. The minimum absolute atomic E-state index is 0.721. The molecule has 2 heterocycles. The molecule has 3 rings (SSSR count). The van der Waals surface area contributed by atoms with Gasteiger partial charge in [-0.3, -0.25) is 0 Å². The third-order valence-corrected chi connectivity index (χ3v) is 4.55. The molecule has 6 heteroatoms. The topological polar surface area (TPSA) is 48.4 Å². The Balaban J connectivity index is 1.67. The first-order valence-electron chi connectivity index (χ1n) is 8.72. The fraction of sp³-hybridized carbons (Fsp3) is 0.500. The molecule has 0 amide bonds. The van der Waals surface area contributed by atoms with Crippen molar-refractivity contribution in [2.24, 2.45) is 0 Å². The summed E-state index contributed by atoms with van der Waals surface area (Å²) in [6, 6.07) is 8.70. The third-order valence-electron chi connectivity index (χ3n) is 4.55. The van der Waals surface area contributed by atoms with E-state index in [4.69, 9.17) is 4.98 Å². The van der Waals surface area contributed by atoms with E-state index in [9.17, 15) is 0 Å². The van der Waals surface area contributed by atoms with Crippen molar-refractivity contribution in [3.05, 3.63) is 36.0 Å². The number of hydrogen-bond donors (Lipinski definition) is 0. The maximum atomic E-state index is 4.71. The maximum Gasteiger partial charge on any atom is 0.247 e. The van der Waals surface area contributed by atoms with Crippen LogP contribution in [0, 0.1) is 6.92 Å². The molecular weight excluding hydrogens is 300 g/mol. The van der Waals surface area contributed by atoms with Crippen LogP contribution in [0.2, 0.25) is 0 Å². The Hall–Kier alpha value is -2.37. The second-order valence-corrected chi connectivity index (χ2v) is 6.10. The second kappa shape index (κ2) is 7.47. The quantitative estimate of drug-likeness (QED) is 0.841. The summed E-state index contributed by atoms with van der Waals surface area (Å²) < 4.78 is 0. The summed E-state index contributed by atoms with van der Waals surface area (Å²) in [5.41, 5.74) is 2.61. The number of benzene rings is 1. The highest BCUT2D eigenvalue weighted by Gasteiger charge is 2.19. The highest BCUT2D eigenvalue weighted by Crippen LogP contribution is 2.20. The Kier molecular flexibility index (Phi) is 5.13. The second-order valence-electron chi connectivity index (χ2n) is 6.10. The molecule has 0 radical (unpaired) electrons. The Morgan fingerprint density at radius 2 is 1.75 bits per heavy atom. The molecule has 0 saturated carbocycles. The van der Waals surface area contributed by atoms with Gasteiger partial charge >= 0.3 is 0 Å². The lowest BCUT2D eigenvalue weighted by Gasteiger charge is -2.36. The fourth-order valence-corrected chi connectivity index (χ4v) is 3.10. The van der Waals surface area contributed by atoms with Crippen LogP contribution in [0.1, 0.15) is 19.4 Å². The first-order valence-corrected chi connectivity index (χ1v) is 8.72. The van der Waals surface area contributed by atoms with Crippen molar-refractivity contribution in [1.82, 2.24) is 15.2 Å². The van der Waals surface area contributed by atoms with Crippen LogP contribution in [0.5, 0.6) is 0 Å². The molecule has 0 unspecified atom stereocenters. The van der Waals surface area contributed by atoms with Crippen molar-refractivity contribution in [1.29, 1.82) is 0 Å². The van der Waals surface area contributed by atoms with E-state index in [1.165, 1.54) is 11.3 Å². The summed E-state index contributed by atoms with van der Waals surface area (Å²) in [4.78, 5) is 11.6. The Bertz CT molecular complexity index is 662. The van der Waals surface area contributed by atoms with Crippen LogP contribution in [0.3, 0.4) is 0 Å². The number of rotatable bonds is 5. The highest BCUT2D eigenvalue weighted by molar-refractivity contribution is 5.51. The predicted molar refractivity (Wildman–Crippen MR) is 99.0 cm³/mol. The number of aryl methyl sites for hydroxylation is 1. The number of aromatic nitrogens is 3. The zero-order valence-corrected chi connectivity index (χ0v) is 14.8. The molecule has 2 aromatic rings. The average molecular weight is 326 g/mol. The van der Waals surface area contributed by atoms with Crippen molar-refractivity contribution in [3.8, 4) is 0 Å². The lowest BCUT2D eigenvalue weighted by Crippen LogP contribution is -2.47. The van der Waals surface area contributed by atoms with E-state index in [1.54, 1.807) is 6.20 Å². The van der Waals surface area contributed by atoms with Gasteiger partial charge in [-0.05, 0) is 38.5 Å². The number of nitrogens with zero attached hydrogens (tertiary/aromatic N) is 6. The molecule has 1 aliphatic rings. The monoisotopic (exact) mass is 326 g/mol. The maximum absolute atomic E-state index is 4.71. The zero-order valence-electron chi connectivity index (χ0n) is 14.8.